The number of ether oxygens (including phenoxy) is 2. The number of nitriles is 1. The van der Waals surface area contributed by atoms with Crippen LogP contribution in [0.25, 0.3) is 27.8 Å². The Balaban J connectivity index is 1.28. The number of allylic oxidation sites excluding steroid dienone is 4. The van der Waals surface area contributed by atoms with Crippen LogP contribution >= 0.6 is 0 Å². The molecule has 0 radical (unpaired) electrons. The topological polar surface area (TPSA) is 138 Å². The molecule has 2 unspecified atom stereocenters. The van der Waals surface area contributed by atoms with Crippen LogP contribution in [-0.4, -0.2) is 69.7 Å². The van der Waals surface area contributed by atoms with Crippen molar-refractivity contribution in [1.29, 1.82) is 5.26 Å². The highest BCUT2D eigenvalue weighted by atomic mass is 19.3. The maximum atomic E-state index is 13.8. The Morgan fingerprint density at radius 2 is 1.56 bits per heavy atom. The molecular weight excluding hydrogens is 746 g/mol. The average Bonchev–Trinajstić information content (AvgIpc) is 3.89. The summed E-state index contributed by atoms with van der Waals surface area (Å²) >= 11 is 0. The summed E-state index contributed by atoms with van der Waals surface area (Å²) in [6, 6.07) is 14.5. The molecule has 0 amide bonds. The first-order chi connectivity index (χ1) is 27.2. The smallest absolute Gasteiger partial charge is 0.387 e. The summed E-state index contributed by atoms with van der Waals surface area (Å²) in [5.41, 5.74) is 2.20. The van der Waals surface area contributed by atoms with Crippen LogP contribution in [0.5, 0.6) is 11.5 Å². The summed E-state index contributed by atoms with van der Waals surface area (Å²) in [5, 5.41) is 19.8. The molecule has 3 atom stereocenters. The number of alkyl halides is 4. The zero-order chi connectivity index (χ0) is 40.2. The van der Waals surface area contributed by atoms with E-state index in [1.54, 1.807) is 41.3 Å². The van der Waals surface area contributed by atoms with Gasteiger partial charge in [-0.1, -0.05) is 57.2 Å². The molecule has 0 bridgehead atoms. The van der Waals surface area contributed by atoms with Crippen LogP contribution in [-0.2, 0) is 23.3 Å². The normalized spacial score (nSPS) is 22.3. The molecule has 3 aromatic carbocycles. The third kappa shape index (κ3) is 7.12. The minimum absolute atomic E-state index is 0.0157. The SMILES string of the molecule is CC1C(c2ccccc2C#N)=CC=CC1(c1nc2cc(CN3CC(C)(C)C3)c(OC(F)F)cc2o1)c1nc2cc(CN3CCC[C@H]3C(=O)O)c(OC(F)F)cc2o1. The Bertz CT molecular complexity index is 2460. The van der Waals surface area contributed by atoms with E-state index in [1.807, 2.05) is 25.1 Å². The Morgan fingerprint density at radius 1 is 0.965 bits per heavy atom. The van der Waals surface area contributed by atoms with Gasteiger partial charge >= 0.3 is 19.2 Å². The summed E-state index contributed by atoms with van der Waals surface area (Å²) in [7, 11) is 0. The average molecular weight is 786 g/mol. The quantitative estimate of drug-likeness (QED) is 0.122. The van der Waals surface area contributed by atoms with E-state index >= 15 is 0 Å². The van der Waals surface area contributed by atoms with Gasteiger partial charge in [0.15, 0.2) is 11.2 Å². The first-order valence-corrected chi connectivity index (χ1v) is 18.6. The molecule has 0 spiro atoms. The number of carboxylic acid groups (broad SMARTS) is 1. The van der Waals surface area contributed by atoms with E-state index in [0.717, 1.165) is 18.7 Å². The van der Waals surface area contributed by atoms with Crippen molar-refractivity contribution in [2.45, 2.75) is 71.4 Å². The minimum Gasteiger partial charge on any atom is -0.480 e. The molecule has 3 aliphatic rings. The van der Waals surface area contributed by atoms with Gasteiger partial charge in [-0.25, -0.2) is 9.97 Å². The van der Waals surface area contributed by atoms with Crippen LogP contribution in [0.4, 0.5) is 17.6 Å². The standard InChI is InChI=1S/C42H39F4N5O6/c1-23-27(28-9-5-4-8-24(28)18-47)10-6-12-42(23,37-48-29-14-25(19-50-21-41(2,3)22-50)32(56-39(43)44)16-34(29)54-37)38-49-30-15-26(20-51-13-7-11-31(51)36(52)53)33(57-40(45)46)17-35(30)55-38/h4-6,8-10,12,14-17,23,31,39-40H,7,11,13,19-22H2,1-3H3,(H,52,53)/t23?,31-,42?/m0/s1. The molecule has 1 N–H and O–H groups in total. The largest absolute Gasteiger partial charge is 0.480 e. The second-order valence-corrected chi connectivity index (χ2v) is 15.7. The van der Waals surface area contributed by atoms with Crippen LogP contribution in [0.1, 0.15) is 67.6 Å². The van der Waals surface area contributed by atoms with E-state index in [0.29, 0.717) is 53.7 Å². The molecule has 296 valence electrons. The number of likely N-dealkylation sites (tertiary alicyclic amines) is 2. The van der Waals surface area contributed by atoms with Crippen molar-refractivity contribution >= 4 is 33.7 Å². The van der Waals surface area contributed by atoms with Crippen LogP contribution in [0.3, 0.4) is 0 Å². The molecule has 2 fully saturated rings. The molecule has 2 aliphatic heterocycles. The second-order valence-electron chi connectivity index (χ2n) is 15.7. The zero-order valence-electron chi connectivity index (χ0n) is 31.3. The number of aromatic nitrogens is 2. The summed E-state index contributed by atoms with van der Waals surface area (Å²) < 4.78 is 77.9. The molecule has 8 rings (SSSR count). The van der Waals surface area contributed by atoms with Crippen LogP contribution in [0.15, 0.2) is 75.6 Å². The zero-order valence-corrected chi connectivity index (χ0v) is 31.3. The number of carbonyl (C=O) groups is 1. The van der Waals surface area contributed by atoms with Gasteiger partial charge in [0.1, 0.15) is 34.0 Å². The predicted octanol–water partition coefficient (Wildman–Crippen LogP) is 8.51. The Kier molecular flexibility index (Phi) is 9.81. The lowest BCUT2D eigenvalue weighted by Gasteiger charge is -2.46. The first-order valence-electron chi connectivity index (χ1n) is 18.6. The molecule has 5 aromatic rings. The number of fused-ring (bicyclic) bond motifs is 2. The van der Waals surface area contributed by atoms with Crippen molar-refractivity contribution in [2.24, 2.45) is 11.3 Å². The van der Waals surface area contributed by atoms with Gasteiger partial charge in [0.2, 0.25) is 11.8 Å². The fourth-order valence-corrected chi connectivity index (χ4v) is 8.64. The van der Waals surface area contributed by atoms with E-state index in [2.05, 4.69) is 24.8 Å². The van der Waals surface area contributed by atoms with Crippen LogP contribution in [0, 0.1) is 22.7 Å². The summed E-state index contributed by atoms with van der Waals surface area (Å²) in [5.74, 6) is -1.65. The van der Waals surface area contributed by atoms with E-state index in [4.69, 9.17) is 28.3 Å². The predicted molar refractivity (Wildman–Crippen MR) is 200 cm³/mol. The van der Waals surface area contributed by atoms with Gasteiger partial charge in [-0.3, -0.25) is 14.6 Å². The molecule has 2 saturated heterocycles. The van der Waals surface area contributed by atoms with E-state index in [1.165, 1.54) is 12.1 Å². The van der Waals surface area contributed by atoms with Crippen molar-refractivity contribution in [3.8, 4) is 17.6 Å². The monoisotopic (exact) mass is 785 g/mol. The van der Waals surface area contributed by atoms with E-state index in [9.17, 15) is 32.7 Å². The van der Waals surface area contributed by atoms with Crippen molar-refractivity contribution in [2.75, 3.05) is 19.6 Å². The van der Waals surface area contributed by atoms with Crippen LogP contribution in [0.2, 0.25) is 0 Å². The third-order valence-corrected chi connectivity index (χ3v) is 11.1. The molecule has 4 heterocycles. The van der Waals surface area contributed by atoms with Crippen LogP contribution < -0.4 is 9.47 Å². The van der Waals surface area contributed by atoms with Gasteiger partial charge in [-0.05, 0) is 54.1 Å². The Morgan fingerprint density at radius 3 is 2.12 bits per heavy atom. The summed E-state index contributed by atoms with van der Waals surface area (Å²) in [4.78, 5) is 25.6. The summed E-state index contributed by atoms with van der Waals surface area (Å²) in [6.07, 6.45) is 6.49. The van der Waals surface area contributed by atoms with Gasteiger partial charge in [0.25, 0.3) is 0 Å². The summed E-state index contributed by atoms with van der Waals surface area (Å²) in [6.45, 7) is 2.27. The molecule has 0 saturated carbocycles. The van der Waals surface area contributed by atoms with E-state index in [-0.39, 0.29) is 51.9 Å². The number of rotatable bonds is 12. The molecule has 57 heavy (non-hydrogen) atoms. The minimum atomic E-state index is -3.17. The molecule has 11 nitrogen and oxygen atoms in total. The number of oxazole rings is 2. The molecule has 2 aromatic heterocycles. The highest BCUT2D eigenvalue weighted by Crippen LogP contribution is 2.50. The van der Waals surface area contributed by atoms with Crippen molar-refractivity contribution in [1.82, 2.24) is 19.8 Å². The maximum Gasteiger partial charge on any atom is 0.387 e. The van der Waals surface area contributed by atoms with E-state index < -0.39 is 36.6 Å². The number of hydrogen-bond acceptors (Lipinski definition) is 10. The second kappa shape index (κ2) is 14.7. The van der Waals surface area contributed by atoms with Gasteiger partial charge in [-0.2, -0.15) is 22.8 Å². The number of aliphatic carboxylic acids is 1. The number of hydrogen-bond donors (Lipinski definition) is 1. The molecule has 15 heteroatoms. The number of nitrogens with zero attached hydrogens (tertiary/aromatic N) is 5. The van der Waals surface area contributed by atoms with Crippen molar-refractivity contribution < 1.29 is 45.8 Å². The van der Waals surface area contributed by atoms with Crippen molar-refractivity contribution in [3.63, 3.8) is 0 Å². The van der Waals surface area contributed by atoms with Gasteiger partial charge in [0.05, 0.1) is 11.6 Å². The van der Waals surface area contributed by atoms with Gasteiger partial charge in [0, 0.05) is 55.4 Å². The van der Waals surface area contributed by atoms with Crippen molar-refractivity contribution in [3.05, 3.63) is 101 Å². The molecule has 1 aliphatic carbocycles. The lowest BCUT2D eigenvalue weighted by molar-refractivity contribution is -0.142. The van der Waals surface area contributed by atoms with Gasteiger partial charge < -0.3 is 23.4 Å². The fraction of sp³-hybridized carbons (Fsp3) is 0.381. The number of halogens is 4. The Labute approximate surface area is 324 Å². The lowest BCUT2D eigenvalue weighted by Crippen LogP contribution is -2.52. The first kappa shape index (κ1) is 38.2. The third-order valence-electron chi connectivity index (χ3n) is 11.1. The number of benzene rings is 3. The maximum absolute atomic E-state index is 13.8. The highest BCUT2D eigenvalue weighted by molar-refractivity contribution is 5.81. The lowest BCUT2D eigenvalue weighted by atomic mass is 9.67. The Hall–Kier alpha value is -5.72. The highest BCUT2D eigenvalue weighted by Gasteiger charge is 2.50. The number of carboxylic acids is 1. The van der Waals surface area contributed by atoms with Gasteiger partial charge in [-0.15, -0.1) is 0 Å². The fourth-order valence-electron chi connectivity index (χ4n) is 8.64. The molecular formula is C42H39F4N5O6.